The van der Waals surface area contributed by atoms with E-state index in [0.717, 1.165) is 18.2 Å². The van der Waals surface area contributed by atoms with Crippen LogP contribution in [-0.2, 0) is 19.6 Å². The summed E-state index contributed by atoms with van der Waals surface area (Å²) in [7, 11) is 0. The maximum atomic E-state index is 13.0. The average molecular weight is 250 g/mol. The third-order valence-electron chi connectivity index (χ3n) is 2.82. The SMILES string of the molecule is CCn1ccc(CNCc2ccc(F)c(F)c2)c1. The molecule has 0 aliphatic heterocycles. The molecule has 0 radical (unpaired) electrons. The molecule has 0 amide bonds. The fraction of sp³-hybridized carbons (Fsp3) is 0.286. The highest BCUT2D eigenvalue weighted by Gasteiger charge is 2.02. The Morgan fingerprint density at radius 3 is 2.50 bits per heavy atom. The first-order chi connectivity index (χ1) is 8.69. The molecular weight excluding hydrogens is 234 g/mol. The van der Waals surface area contributed by atoms with Crippen molar-refractivity contribution in [3.8, 4) is 0 Å². The summed E-state index contributed by atoms with van der Waals surface area (Å²) in [6.45, 7) is 4.27. The molecule has 2 nitrogen and oxygen atoms in total. The summed E-state index contributed by atoms with van der Waals surface area (Å²) in [5.41, 5.74) is 1.92. The van der Waals surface area contributed by atoms with Crippen LogP contribution in [0.15, 0.2) is 36.7 Å². The van der Waals surface area contributed by atoms with Crippen molar-refractivity contribution in [3.63, 3.8) is 0 Å². The minimum absolute atomic E-state index is 0.522. The van der Waals surface area contributed by atoms with Crippen LogP contribution in [0.4, 0.5) is 8.78 Å². The molecule has 2 rings (SSSR count). The van der Waals surface area contributed by atoms with E-state index in [-0.39, 0.29) is 0 Å². The molecule has 0 saturated heterocycles. The maximum absolute atomic E-state index is 13.0. The predicted octanol–water partition coefficient (Wildman–Crippen LogP) is 3.08. The van der Waals surface area contributed by atoms with E-state index in [9.17, 15) is 8.78 Å². The van der Waals surface area contributed by atoms with Gasteiger partial charge in [0, 0.05) is 32.0 Å². The quantitative estimate of drug-likeness (QED) is 0.863. The molecule has 2 aromatic rings. The van der Waals surface area contributed by atoms with Gasteiger partial charge in [0.2, 0.25) is 0 Å². The molecule has 96 valence electrons. The topological polar surface area (TPSA) is 17.0 Å². The lowest BCUT2D eigenvalue weighted by Gasteiger charge is -2.04. The third-order valence-corrected chi connectivity index (χ3v) is 2.82. The molecule has 0 aliphatic rings. The number of nitrogens with one attached hydrogen (secondary N) is 1. The van der Waals surface area contributed by atoms with Crippen molar-refractivity contribution in [1.29, 1.82) is 0 Å². The number of hydrogen-bond acceptors (Lipinski definition) is 1. The molecular formula is C14H16F2N2. The van der Waals surface area contributed by atoms with Gasteiger partial charge >= 0.3 is 0 Å². The number of hydrogen-bond donors (Lipinski definition) is 1. The minimum atomic E-state index is -0.807. The molecule has 0 spiro atoms. The van der Waals surface area contributed by atoms with Crippen molar-refractivity contribution in [3.05, 3.63) is 59.4 Å². The monoisotopic (exact) mass is 250 g/mol. The van der Waals surface area contributed by atoms with Crippen LogP contribution in [0.5, 0.6) is 0 Å². The molecule has 0 fully saturated rings. The largest absolute Gasteiger partial charge is 0.354 e. The Kier molecular flexibility index (Phi) is 4.10. The lowest BCUT2D eigenvalue weighted by Crippen LogP contribution is -2.12. The van der Waals surface area contributed by atoms with E-state index in [1.165, 1.54) is 11.6 Å². The standard InChI is InChI=1S/C14H16F2N2/c1-2-18-6-5-12(10-18)9-17-8-11-3-4-13(15)14(16)7-11/h3-7,10,17H,2,8-9H2,1H3. The van der Waals surface area contributed by atoms with Gasteiger partial charge in [-0.15, -0.1) is 0 Å². The second-order valence-electron chi connectivity index (χ2n) is 4.20. The van der Waals surface area contributed by atoms with Gasteiger partial charge < -0.3 is 9.88 Å². The first-order valence-electron chi connectivity index (χ1n) is 5.98. The molecule has 1 N–H and O–H groups in total. The van der Waals surface area contributed by atoms with E-state index < -0.39 is 11.6 Å². The summed E-state index contributed by atoms with van der Waals surface area (Å²) >= 11 is 0. The Hall–Kier alpha value is -1.68. The van der Waals surface area contributed by atoms with Crippen LogP contribution in [0.3, 0.4) is 0 Å². The lowest BCUT2D eigenvalue weighted by molar-refractivity contribution is 0.506. The van der Waals surface area contributed by atoms with Gasteiger partial charge in [-0.3, -0.25) is 0 Å². The van der Waals surface area contributed by atoms with Crippen LogP contribution in [0.2, 0.25) is 0 Å². The summed E-state index contributed by atoms with van der Waals surface area (Å²) in [6.07, 6.45) is 4.09. The Bertz CT molecular complexity index is 520. The van der Waals surface area contributed by atoms with Gasteiger partial charge in [0.15, 0.2) is 11.6 Å². The molecule has 4 heteroatoms. The van der Waals surface area contributed by atoms with Crippen LogP contribution < -0.4 is 5.32 Å². The maximum Gasteiger partial charge on any atom is 0.159 e. The zero-order valence-corrected chi connectivity index (χ0v) is 10.3. The van der Waals surface area contributed by atoms with E-state index in [1.807, 2.05) is 12.3 Å². The number of rotatable bonds is 5. The minimum Gasteiger partial charge on any atom is -0.354 e. The fourth-order valence-corrected chi connectivity index (χ4v) is 1.79. The Balaban J connectivity index is 1.86. The predicted molar refractivity (Wildman–Crippen MR) is 67.0 cm³/mol. The van der Waals surface area contributed by atoms with Gasteiger partial charge in [0.25, 0.3) is 0 Å². The van der Waals surface area contributed by atoms with Gasteiger partial charge in [-0.05, 0) is 36.2 Å². The van der Waals surface area contributed by atoms with Crippen molar-refractivity contribution >= 4 is 0 Å². The van der Waals surface area contributed by atoms with E-state index >= 15 is 0 Å². The fourth-order valence-electron chi connectivity index (χ4n) is 1.79. The van der Waals surface area contributed by atoms with Gasteiger partial charge in [0.05, 0.1) is 0 Å². The number of aryl methyl sites for hydroxylation is 1. The number of halogens is 2. The van der Waals surface area contributed by atoms with Crippen molar-refractivity contribution in [1.82, 2.24) is 9.88 Å². The zero-order valence-electron chi connectivity index (χ0n) is 10.3. The van der Waals surface area contributed by atoms with Crippen molar-refractivity contribution in [2.75, 3.05) is 0 Å². The van der Waals surface area contributed by atoms with Crippen LogP contribution in [0, 0.1) is 11.6 Å². The first kappa shape index (κ1) is 12.8. The van der Waals surface area contributed by atoms with Gasteiger partial charge in [0.1, 0.15) is 0 Å². The first-order valence-corrected chi connectivity index (χ1v) is 5.98. The van der Waals surface area contributed by atoms with Gasteiger partial charge in [-0.2, -0.15) is 0 Å². The van der Waals surface area contributed by atoms with Crippen molar-refractivity contribution < 1.29 is 8.78 Å². The van der Waals surface area contributed by atoms with E-state index in [2.05, 4.69) is 23.0 Å². The molecule has 0 atom stereocenters. The summed E-state index contributed by atoms with van der Waals surface area (Å²) in [6, 6.07) is 6.00. The Morgan fingerprint density at radius 1 is 1.06 bits per heavy atom. The molecule has 18 heavy (non-hydrogen) atoms. The van der Waals surface area contributed by atoms with Crippen LogP contribution in [0.25, 0.3) is 0 Å². The summed E-state index contributed by atoms with van der Waals surface area (Å²) in [5.74, 6) is -1.61. The average Bonchev–Trinajstić information content (AvgIpc) is 2.82. The molecule has 0 unspecified atom stereocenters. The normalized spacial score (nSPS) is 10.8. The Labute approximate surface area is 105 Å². The van der Waals surface area contributed by atoms with Crippen molar-refractivity contribution in [2.24, 2.45) is 0 Å². The lowest BCUT2D eigenvalue weighted by atomic mass is 10.2. The molecule has 0 saturated carbocycles. The Morgan fingerprint density at radius 2 is 1.83 bits per heavy atom. The number of benzene rings is 1. The smallest absolute Gasteiger partial charge is 0.159 e. The molecule has 1 aromatic carbocycles. The third kappa shape index (κ3) is 3.17. The second-order valence-corrected chi connectivity index (χ2v) is 4.20. The van der Waals surface area contributed by atoms with Crippen molar-refractivity contribution in [2.45, 2.75) is 26.6 Å². The van der Waals surface area contributed by atoms with Crippen LogP contribution in [-0.4, -0.2) is 4.57 Å². The summed E-state index contributed by atoms with van der Waals surface area (Å²) in [5, 5.41) is 3.20. The zero-order chi connectivity index (χ0) is 13.0. The highest BCUT2D eigenvalue weighted by Crippen LogP contribution is 2.09. The number of nitrogens with zero attached hydrogens (tertiary/aromatic N) is 1. The van der Waals surface area contributed by atoms with Crippen LogP contribution in [0.1, 0.15) is 18.1 Å². The summed E-state index contributed by atoms with van der Waals surface area (Å²) in [4.78, 5) is 0. The van der Waals surface area contributed by atoms with E-state index in [1.54, 1.807) is 6.07 Å². The second kappa shape index (κ2) is 5.78. The van der Waals surface area contributed by atoms with E-state index in [4.69, 9.17) is 0 Å². The van der Waals surface area contributed by atoms with E-state index in [0.29, 0.717) is 13.1 Å². The van der Waals surface area contributed by atoms with Crippen LogP contribution >= 0.6 is 0 Å². The summed E-state index contributed by atoms with van der Waals surface area (Å²) < 4.78 is 27.8. The molecule has 1 aromatic heterocycles. The van der Waals surface area contributed by atoms with Gasteiger partial charge in [-0.1, -0.05) is 6.07 Å². The highest BCUT2D eigenvalue weighted by molar-refractivity contribution is 5.18. The van der Waals surface area contributed by atoms with Gasteiger partial charge in [-0.25, -0.2) is 8.78 Å². The highest BCUT2D eigenvalue weighted by atomic mass is 19.2. The number of aromatic nitrogens is 1. The molecule has 0 aliphatic carbocycles. The molecule has 0 bridgehead atoms. The molecule has 1 heterocycles.